The second kappa shape index (κ2) is 8.59. The van der Waals surface area contributed by atoms with Crippen LogP contribution in [0.15, 0.2) is 53.7 Å². The first-order valence-corrected chi connectivity index (χ1v) is 9.46. The number of aryl methyl sites for hydroxylation is 1. The molecule has 0 radical (unpaired) electrons. The summed E-state index contributed by atoms with van der Waals surface area (Å²) >= 11 is 1.28. The fraction of sp³-hybridized carbons (Fsp3) is 0.211. The molecule has 0 aliphatic heterocycles. The van der Waals surface area contributed by atoms with Crippen LogP contribution in [0.3, 0.4) is 0 Å². The number of hydrogen-bond donors (Lipinski definition) is 1. The van der Waals surface area contributed by atoms with E-state index in [0.29, 0.717) is 22.8 Å². The molecule has 0 saturated carbocycles. The fourth-order valence-electron chi connectivity index (χ4n) is 2.39. The van der Waals surface area contributed by atoms with Crippen LogP contribution in [0.2, 0.25) is 0 Å². The number of anilines is 1. The van der Waals surface area contributed by atoms with Gasteiger partial charge in [-0.05, 0) is 59.3 Å². The minimum Gasteiger partial charge on any atom is -0.326 e. The van der Waals surface area contributed by atoms with Crippen LogP contribution < -0.4 is 5.32 Å². The summed E-state index contributed by atoms with van der Waals surface area (Å²) in [5.41, 5.74) is 3.21. The van der Waals surface area contributed by atoms with Crippen molar-refractivity contribution >= 4 is 29.1 Å². The molecule has 1 amide bonds. The van der Waals surface area contributed by atoms with E-state index in [4.69, 9.17) is 0 Å². The zero-order valence-electron chi connectivity index (χ0n) is 15.0. The smallest absolute Gasteiger partial charge is 0.224 e. The summed E-state index contributed by atoms with van der Waals surface area (Å²) in [5, 5.41) is 15.0. The standard InChI is InChI=1S/C19H19N5O2S/c1-3-18(26)20-15-9-7-14(8-10-15)17(25)12-27-19-21-22-23-24(19)16-6-4-5-13(2)11-16/h4-11H,3,12H2,1-2H3,(H,20,26). The number of amides is 1. The van der Waals surface area contributed by atoms with Crippen LogP contribution >= 0.6 is 11.8 Å². The Morgan fingerprint density at radius 1 is 1.15 bits per heavy atom. The molecule has 7 nitrogen and oxygen atoms in total. The van der Waals surface area contributed by atoms with E-state index >= 15 is 0 Å². The topological polar surface area (TPSA) is 89.8 Å². The third kappa shape index (κ3) is 4.79. The van der Waals surface area contributed by atoms with Gasteiger partial charge in [-0.1, -0.05) is 30.8 Å². The SMILES string of the molecule is CCC(=O)Nc1ccc(C(=O)CSc2nnnn2-c2cccc(C)c2)cc1. The Kier molecular flexibility index (Phi) is 5.97. The molecule has 0 bridgehead atoms. The van der Waals surface area contributed by atoms with E-state index in [0.717, 1.165) is 11.3 Å². The Balaban J connectivity index is 1.65. The lowest BCUT2D eigenvalue weighted by molar-refractivity contribution is -0.115. The van der Waals surface area contributed by atoms with Crippen molar-refractivity contribution in [1.82, 2.24) is 20.2 Å². The number of rotatable bonds is 7. The van der Waals surface area contributed by atoms with Gasteiger partial charge in [0.15, 0.2) is 5.78 Å². The molecule has 0 atom stereocenters. The minimum atomic E-state index is -0.0624. The molecule has 0 aliphatic rings. The number of carbonyl (C=O) groups is 2. The van der Waals surface area contributed by atoms with Gasteiger partial charge in [0.05, 0.1) is 11.4 Å². The van der Waals surface area contributed by atoms with Gasteiger partial charge >= 0.3 is 0 Å². The Bertz CT molecular complexity index is 953. The Morgan fingerprint density at radius 3 is 2.63 bits per heavy atom. The van der Waals surface area contributed by atoms with Crippen molar-refractivity contribution in [3.63, 3.8) is 0 Å². The minimum absolute atomic E-state index is 0.0350. The van der Waals surface area contributed by atoms with Gasteiger partial charge < -0.3 is 5.32 Å². The van der Waals surface area contributed by atoms with E-state index in [-0.39, 0.29) is 17.4 Å². The fourth-order valence-corrected chi connectivity index (χ4v) is 3.18. The first kappa shape index (κ1) is 18.8. The predicted octanol–water partition coefficient (Wildman–Crippen LogP) is 3.29. The monoisotopic (exact) mass is 381 g/mol. The lowest BCUT2D eigenvalue weighted by Gasteiger charge is -2.06. The summed E-state index contributed by atoms with van der Waals surface area (Å²) in [4.78, 5) is 23.8. The molecule has 0 aliphatic carbocycles. The molecule has 3 rings (SSSR count). The van der Waals surface area contributed by atoms with Crippen molar-refractivity contribution in [2.75, 3.05) is 11.1 Å². The molecular weight excluding hydrogens is 362 g/mol. The molecule has 3 aromatic rings. The van der Waals surface area contributed by atoms with Crippen LogP contribution in [-0.4, -0.2) is 37.7 Å². The molecular formula is C19H19N5O2S. The second-order valence-corrected chi connectivity index (χ2v) is 6.85. The predicted molar refractivity (Wildman–Crippen MR) is 104 cm³/mol. The number of tetrazole rings is 1. The highest BCUT2D eigenvalue weighted by atomic mass is 32.2. The number of nitrogens with one attached hydrogen (secondary N) is 1. The molecule has 8 heteroatoms. The normalized spacial score (nSPS) is 10.6. The maximum absolute atomic E-state index is 12.4. The van der Waals surface area contributed by atoms with Crippen molar-refractivity contribution in [2.45, 2.75) is 25.4 Å². The molecule has 0 saturated heterocycles. The van der Waals surface area contributed by atoms with Crippen molar-refractivity contribution in [1.29, 1.82) is 0 Å². The third-order valence-corrected chi connectivity index (χ3v) is 4.75. The van der Waals surface area contributed by atoms with Gasteiger partial charge in [0.25, 0.3) is 0 Å². The summed E-state index contributed by atoms with van der Waals surface area (Å²) in [6.07, 6.45) is 0.410. The van der Waals surface area contributed by atoms with Gasteiger partial charge in [-0.3, -0.25) is 9.59 Å². The van der Waals surface area contributed by atoms with Gasteiger partial charge in [-0.2, -0.15) is 4.68 Å². The molecule has 27 heavy (non-hydrogen) atoms. The number of ketones is 1. The Labute approximate surface area is 161 Å². The van der Waals surface area contributed by atoms with E-state index in [1.807, 2.05) is 31.2 Å². The third-order valence-electron chi connectivity index (χ3n) is 3.83. The number of hydrogen-bond acceptors (Lipinski definition) is 6. The molecule has 1 aromatic heterocycles. The highest BCUT2D eigenvalue weighted by Crippen LogP contribution is 2.20. The highest BCUT2D eigenvalue weighted by molar-refractivity contribution is 7.99. The largest absolute Gasteiger partial charge is 0.326 e. The summed E-state index contributed by atoms with van der Waals surface area (Å²) in [7, 11) is 0. The van der Waals surface area contributed by atoms with E-state index in [1.165, 1.54) is 11.8 Å². The quantitative estimate of drug-likeness (QED) is 0.499. The van der Waals surface area contributed by atoms with Gasteiger partial charge in [0.2, 0.25) is 11.1 Å². The molecule has 0 unspecified atom stereocenters. The Hall–Kier alpha value is -3.00. The molecule has 138 valence electrons. The first-order valence-electron chi connectivity index (χ1n) is 8.48. The number of carbonyl (C=O) groups excluding carboxylic acids is 2. The number of aromatic nitrogens is 4. The van der Waals surface area contributed by atoms with Crippen molar-refractivity contribution < 1.29 is 9.59 Å². The summed E-state index contributed by atoms with van der Waals surface area (Å²) in [6, 6.07) is 14.7. The molecule has 2 aromatic carbocycles. The number of Topliss-reactive ketones (excluding diaryl/α,β-unsaturated/α-hetero) is 1. The summed E-state index contributed by atoms with van der Waals surface area (Å²) < 4.78 is 1.62. The van der Waals surface area contributed by atoms with E-state index in [9.17, 15) is 9.59 Å². The average molecular weight is 381 g/mol. The van der Waals surface area contributed by atoms with Gasteiger partial charge in [0.1, 0.15) is 0 Å². The van der Waals surface area contributed by atoms with Crippen LogP contribution in [0.4, 0.5) is 5.69 Å². The summed E-state index contributed by atoms with van der Waals surface area (Å²) in [6.45, 7) is 3.78. The van der Waals surface area contributed by atoms with Crippen molar-refractivity contribution in [3.8, 4) is 5.69 Å². The van der Waals surface area contributed by atoms with Gasteiger partial charge in [0, 0.05) is 17.7 Å². The van der Waals surface area contributed by atoms with E-state index in [1.54, 1.807) is 35.9 Å². The van der Waals surface area contributed by atoms with Gasteiger partial charge in [-0.25, -0.2) is 0 Å². The van der Waals surface area contributed by atoms with Crippen LogP contribution in [0.1, 0.15) is 29.3 Å². The molecule has 0 spiro atoms. The molecule has 1 heterocycles. The zero-order chi connectivity index (χ0) is 19.2. The summed E-state index contributed by atoms with van der Waals surface area (Å²) in [5.74, 6) is 0.118. The first-order chi connectivity index (χ1) is 13.1. The zero-order valence-corrected chi connectivity index (χ0v) is 15.9. The molecule has 1 N–H and O–H groups in total. The Morgan fingerprint density at radius 2 is 1.93 bits per heavy atom. The second-order valence-electron chi connectivity index (χ2n) is 5.90. The average Bonchev–Trinajstić information content (AvgIpc) is 3.15. The van der Waals surface area contributed by atoms with Crippen molar-refractivity contribution in [3.05, 3.63) is 59.7 Å². The number of nitrogens with zero attached hydrogens (tertiary/aromatic N) is 4. The van der Waals surface area contributed by atoms with Crippen LogP contribution in [0, 0.1) is 6.92 Å². The maximum atomic E-state index is 12.4. The number of benzene rings is 2. The van der Waals surface area contributed by atoms with Crippen LogP contribution in [0.5, 0.6) is 0 Å². The van der Waals surface area contributed by atoms with Gasteiger partial charge in [-0.15, -0.1) is 5.10 Å². The maximum Gasteiger partial charge on any atom is 0.224 e. The number of thioether (sulfide) groups is 1. The van der Waals surface area contributed by atoms with E-state index in [2.05, 4.69) is 20.8 Å². The lowest BCUT2D eigenvalue weighted by atomic mass is 10.1. The van der Waals surface area contributed by atoms with Crippen LogP contribution in [0.25, 0.3) is 5.69 Å². The molecule has 0 fully saturated rings. The highest BCUT2D eigenvalue weighted by Gasteiger charge is 2.13. The van der Waals surface area contributed by atoms with Crippen molar-refractivity contribution in [2.24, 2.45) is 0 Å². The van der Waals surface area contributed by atoms with Crippen LogP contribution in [-0.2, 0) is 4.79 Å². The van der Waals surface area contributed by atoms with E-state index < -0.39 is 0 Å². The lowest BCUT2D eigenvalue weighted by Crippen LogP contribution is -2.10.